The van der Waals surface area contributed by atoms with Crippen molar-refractivity contribution in [3.8, 4) is 5.75 Å². The molecule has 1 fully saturated rings. The van der Waals surface area contributed by atoms with E-state index in [0.29, 0.717) is 11.7 Å². The van der Waals surface area contributed by atoms with Gasteiger partial charge in [0.15, 0.2) is 0 Å². The van der Waals surface area contributed by atoms with Crippen LogP contribution in [0.25, 0.3) is 0 Å². The predicted octanol–water partition coefficient (Wildman–Crippen LogP) is 3.48. The summed E-state index contributed by atoms with van der Waals surface area (Å²) >= 11 is 0. The number of hydrogen-bond acceptors (Lipinski definition) is 3. The van der Waals surface area contributed by atoms with Crippen molar-refractivity contribution < 1.29 is 18.3 Å². The van der Waals surface area contributed by atoms with Crippen LogP contribution in [0.1, 0.15) is 18.9 Å². The van der Waals surface area contributed by atoms with Gasteiger partial charge in [-0.2, -0.15) is 0 Å². The number of alkyl halides is 2. The second kappa shape index (κ2) is 6.88. The molecule has 0 saturated carbocycles. The second-order valence-corrected chi connectivity index (χ2v) is 5.24. The monoisotopic (exact) mass is 285 g/mol. The van der Waals surface area contributed by atoms with Crippen LogP contribution >= 0.6 is 0 Å². The zero-order valence-electron chi connectivity index (χ0n) is 11.9. The highest BCUT2D eigenvalue weighted by molar-refractivity contribution is 5.52. The highest BCUT2D eigenvalue weighted by Gasteiger charge is 2.22. The van der Waals surface area contributed by atoms with E-state index in [1.807, 2.05) is 19.1 Å². The molecule has 1 aliphatic heterocycles. The maximum absolute atomic E-state index is 12.2. The Morgan fingerprint density at radius 2 is 2.25 bits per heavy atom. The Kier molecular flexibility index (Phi) is 5.17. The van der Waals surface area contributed by atoms with Crippen molar-refractivity contribution in [3.63, 3.8) is 0 Å². The van der Waals surface area contributed by atoms with Gasteiger partial charge in [-0.1, -0.05) is 6.07 Å². The summed E-state index contributed by atoms with van der Waals surface area (Å²) in [6.07, 6.45) is -1.41. The van der Waals surface area contributed by atoms with E-state index in [4.69, 9.17) is 9.47 Å². The Morgan fingerprint density at radius 3 is 2.90 bits per heavy atom. The summed E-state index contributed by atoms with van der Waals surface area (Å²) in [4.78, 5) is 0. The Bertz CT molecular complexity index is 434. The minimum Gasteiger partial charge on any atom is -0.487 e. The molecule has 0 spiro atoms. The minimum atomic E-state index is -2.46. The maximum Gasteiger partial charge on any atom is 0.272 e. The lowest BCUT2D eigenvalue weighted by Crippen LogP contribution is -2.26. The van der Waals surface area contributed by atoms with Crippen LogP contribution in [0.2, 0.25) is 0 Å². The van der Waals surface area contributed by atoms with Crippen molar-refractivity contribution in [1.29, 1.82) is 0 Å². The molecule has 1 aliphatic rings. The molecule has 0 bridgehead atoms. The summed E-state index contributed by atoms with van der Waals surface area (Å²) in [5.74, 6) is 0.993. The summed E-state index contributed by atoms with van der Waals surface area (Å²) in [5.41, 5.74) is 1.74. The molecule has 20 heavy (non-hydrogen) atoms. The molecule has 0 aliphatic carbocycles. The fraction of sp³-hybridized carbons (Fsp3) is 0.600. The molecule has 1 saturated heterocycles. The largest absolute Gasteiger partial charge is 0.487 e. The first-order valence-corrected chi connectivity index (χ1v) is 6.92. The molecule has 1 aromatic rings. The van der Waals surface area contributed by atoms with Gasteiger partial charge in [-0.05, 0) is 31.9 Å². The maximum atomic E-state index is 12.2. The van der Waals surface area contributed by atoms with Crippen molar-refractivity contribution in [1.82, 2.24) is 0 Å². The fourth-order valence-electron chi connectivity index (χ4n) is 2.33. The van der Waals surface area contributed by atoms with Gasteiger partial charge < -0.3 is 14.8 Å². The first-order chi connectivity index (χ1) is 9.56. The van der Waals surface area contributed by atoms with Crippen molar-refractivity contribution in [2.24, 2.45) is 5.92 Å². The molecule has 112 valence electrons. The van der Waals surface area contributed by atoms with E-state index in [0.717, 1.165) is 30.9 Å². The fourth-order valence-corrected chi connectivity index (χ4v) is 2.33. The summed E-state index contributed by atoms with van der Waals surface area (Å²) < 4.78 is 34.9. The third-order valence-corrected chi connectivity index (χ3v) is 3.62. The van der Waals surface area contributed by atoms with Crippen LogP contribution in [-0.2, 0) is 4.74 Å². The van der Waals surface area contributed by atoms with Gasteiger partial charge in [0.05, 0.1) is 6.61 Å². The normalized spacial score (nSPS) is 20.1. The Balaban J connectivity index is 1.98. The zero-order chi connectivity index (χ0) is 14.5. The molecule has 1 aromatic carbocycles. The predicted molar refractivity (Wildman–Crippen MR) is 74.7 cm³/mol. The lowest BCUT2D eigenvalue weighted by molar-refractivity contribution is 0.0816. The lowest BCUT2D eigenvalue weighted by atomic mass is 10.0. The van der Waals surface area contributed by atoms with Crippen LogP contribution in [0.15, 0.2) is 18.2 Å². The van der Waals surface area contributed by atoms with Crippen molar-refractivity contribution in [2.45, 2.75) is 32.7 Å². The van der Waals surface area contributed by atoms with E-state index in [9.17, 15) is 8.78 Å². The van der Waals surface area contributed by atoms with Crippen LogP contribution in [0, 0.1) is 12.8 Å². The topological polar surface area (TPSA) is 30.5 Å². The molecular weight excluding hydrogens is 264 g/mol. The molecule has 5 heteroatoms. The van der Waals surface area contributed by atoms with Gasteiger partial charge in [-0.25, -0.2) is 8.78 Å². The first-order valence-electron chi connectivity index (χ1n) is 6.92. The summed E-state index contributed by atoms with van der Waals surface area (Å²) in [6.45, 7) is 4.97. The molecule has 3 nitrogen and oxygen atoms in total. The zero-order valence-corrected chi connectivity index (χ0v) is 11.9. The number of benzene rings is 1. The van der Waals surface area contributed by atoms with Crippen molar-refractivity contribution >= 4 is 5.69 Å². The molecule has 0 aromatic heterocycles. The average molecular weight is 285 g/mol. The molecule has 2 atom stereocenters. The Labute approximate surface area is 118 Å². The Hall–Kier alpha value is -1.36. The van der Waals surface area contributed by atoms with E-state index in [-0.39, 0.29) is 6.04 Å². The van der Waals surface area contributed by atoms with E-state index in [1.165, 1.54) is 0 Å². The number of halogens is 2. The summed E-state index contributed by atoms with van der Waals surface area (Å²) in [5, 5.41) is 3.39. The molecule has 0 radical (unpaired) electrons. The summed E-state index contributed by atoms with van der Waals surface area (Å²) in [7, 11) is 0. The number of aryl methyl sites for hydroxylation is 1. The first kappa shape index (κ1) is 15.0. The SMILES string of the molecule is Cc1ccc(N[C@@H](C)[C@@H]2CCOC2)cc1OCC(F)F. The van der Waals surface area contributed by atoms with Gasteiger partial charge in [0.1, 0.15) is 12.4 Å². The van der Waals surface area contributed by atoms with E-state index < -0.39 is 13.0 Å². The van der Waals surface area contributed by atoms with Gasteiger partial charge in [-0.3, -0.25) is 0 Å². The number of nitrogens with one attached hydrogen (secondary N) is 1. The van der Waals surface area contributed by atoms with Gasteiger partial charge in [0.25, 0.3) is 6.43 Å². The van der Waals surface area contributed by atoms with Crippen LogP contribution in [0.5, 0.6) is 5.75 Å². The van der Waals surface area contributed by atoms with E-state index >= 15 is 0 Å². The minimum absolute atomic E-state index is 0.281. The van der Waals surface area contributed by atoms with Crippen molar-refractivity contribution in [3.05, 3.63) is 23.8 Å². The average Bonchev–Trinajstić information content (AvgIpc) is 2.93. The third-order valence-electron chi connectivity index (χ3n) is 3.62. The highest BCUT2D eigenvalue weighted by Crippen LogP contribution is 2.26. The molecule has 1 heterocycles. The quantitative estimate of drug-likeness (QED) is 0.868. The second-order valence-electron chi connectivity index (χ2n) is 5.24. The molecule has 0 amide bonds. The van der Waals surface area contributed by atoms with Crippen LogP contribution in [0.3, 0.4) is 0 Å². The molecular formula is C15H21F2NO2. The summed E-state index contributed by atoms with van der Waals surface area (Å²) in [6, 6.07) is 5.88. The molecule has 1 N–H and O–H groups in total. The number of anilines is 1. The lowest BCUT2D eigenvalue weighted by Gasteiger charge is -2.21. The van der Waals surface area contributed by atoms with Gasteiger partial charge in [-0.15, -0.1) is 0 Å². The van der Waals surface area contributed by atoms with Gasteiger partial charge >= 0.3 is 0 Å². The number of hydrogen-bond donors (Lipinski definition) is 1. The number of ether oxygens (including phenoxy) is 2. The third kappa shape index (κ3) is 4.07. The van der Waals surface area contributed by atoms with Crippen LogP contribution in [0.4, 0.5) is 14.5 Å². The van der Waals surface area contributed by atoms with Gasteiger partial charge in [0.2, 0.25) is 0 Å². The highest BCUT2D eigenvalue weighted by atomic mass is 19.3. The van der Waals surface area contributed by atoms with E-state index in [2.05, 4.69) is 12.2 Å². The van der Waals surface area contributed by atoms with E-state index in [1.54, 1.807) is 6.07 Å². The molecule has 2 rings (SSSR count). The standard InChI is InChI=1S/C15H21F2NO2/c1-10-3-4-13(7-14(10)20-9-15(16)17)18-11(2)12-5-6-19-8-12/h3-4,7,11-12,15,18H,5-6,8-9H2,1-2H3/t11-,12+/m0/s1. The van der Waals surface area contributed by atoms with Crippen LogP contribution in [-0.4, -0.2) is 32.3 Å². The molecule has 0 unspecified atom stereocenters. The van der Waals surface area contributed by atoms with Crippen molar-refractivity contribution in [2.75, 3.05) is 25.1 Å². The van der Waals surface area contributed by atoms with Gasteiger partial charge in [0, 0.05) is 30.3 Å². The number of rotatable bonds is 6. The Morgan fingerprint density at radius 1 is 1.45 bits per heavy atom. The van der Waals surface area contributed by atoms with Crippen LogP contribution < -0.4 is 10.1 Å². The smallest absolute Gasteiger partial charge is 0.272 e.